The van der Waals surface area contributed by atoms with Crippen LogP contribution in [0.3, 0.4) is 0 Å². The molecule has 0 aliphatic carbocycles. The van der Waals surface area contributed by atoms with Gasteiger partial charge in [0.2, 0.25) is 0 Å². The first-order valence-electron chi connectivity index (χ1n) is 4.86. The van der Waals surface area contributed by atoms with Gasteiger partial charge in [0.15, 0.2) is 5.13 Å². The van der Waals surface area contributed by atoms with Crippen LogP contribution in [0, 0.1) is 0 Å². The summed E-state index contributed by atoms with van der Waals surface area (Å²) in [5, 5.41) is 10.5. The number of thiazole rings is 1. The Bertz CT molecular complexity index is 433. The van der Waals surface area contributed by atoms with Gasteiger partial charge in [-0.1, -0.05) is 6.92 Å². The SMILES string of the molecule is CCCn1cnnc1Cc1csc(N)n1. The lowest BCUT2D eigenvalue weighted by Gasteiger charge is -2.02. The Morgan fingerprint density at radius 1 is 1.53 bits per heavy atom. The summed E-state index contributed by atoms with van der Waals surface area (Å²) in [4.78, 5) is 4.20. The molecule has 0 bridgehead atoms. The van der Waals surface area contributed by atoms with Crippen LogP contribution in [-0.2, 0) is 13.0 Å². The molecule has 0 unspecified atom stereocenters. The largest absolute Gasteiger partial charge is 0.375 e. The van der Waals surface area contributed by atoms with Crippen LogP contribution in [0.4, 0.5) is 5.13 Å². The molecular formula is C9H13N5S. The lowest BCUT2D eigenvalue weighted by Crippen LogP contribution is -2.03. The molecule has 80 valence electrons. The summed E-state index contributed by atoms with van der Waals surface area (Å²) in [5.74, 6) is 0.946. The molecule has 2 heterocycles. The zero-order valence-electron chi connectivity index (χ0n) is 8.55. The van der Waals surface area contributed by atoms with E-state index in [2.05, 4.69) is 26.7 Å². The number of hydrogen-bond donors (Lipinski definition) is 1. The summed E-state index contributed by atoms with van der Waals surface area (Å²) in [7, 11) is 0. The topological polar surface area (TPSA) is 69.6 Å². The van der Waals surface area contributed by atoms with Gasteiger partial charge in [-0.2, -0.15) is 0 Å². The van der Waals surface area contributed by atoms with E-state index >= 15 is 0 Å². The van der Waals surface area contributed by atoms with Gasteiger partial charge < -0.3 is 10.3 Å². The van der Waals surface area contributed by atoms with Gasteiger partial charge in [0.05, 0.1) is 12.1 Å². The third kappa shape index (κ3) is 2.33. The van der Waals surface area contributed by atoms with E-state index in [1.807, 2.05) is 5.38 Å². The molecule has 2 rings (SSSR count). The van der Waals surface area contributed by atoms with Gasteiger partial charge in [0, 0.05) is 11.9 Å². The molecule has 2 aromatic heterocycles. The van der Waals surface area contributed by atoms with Crippen molar-refractivity contribution in [1.82, 2.24) is 19.7 Å². The van der Waals surface area contributed by atoms with Crippen molar-refractivity contribution >= 4 is 16.5 Å². The van der Waals surface area contributed by atoms with E-state index in [-0.39, 0.29) is 0 Å². The summed E-state index contributed by atoms with van der Waals surface area (Å²) in [6.07, 6.45) is 3.53. The third-order valence-corrected chi connectivity index (χ3v) is 2.79. The van der Waals surface area contributed by atoms with Crippen molar-refractivity contribution in [2.75, 3.05) is 5.73 Å². The van der Waals surface area contributed by atoms with Crippen LogP contribution < -0.4 is 5.73 Å². The minimum Gasteiger partial charge on any atom is -0.375 e. The highest BCUT2D eigenvalue weighted by atomic mass is 32.1. The lowest BCUT2D eigenvalue weighted by molar-refractivity contribution is 0.645. The first-order valence-corrected chi connectivity index (χ1v) is 5.74. The standard InChI is InChI=1S/C9H13N5S/c1-2-3-14-6-11-13-8(14)4-7-5-15-9(10)12-7/h5-6H,2-4H2,1H3,(H2,10,12). The summed E-state index contributed by atoms with van der Waals surface area (Å²) < 4.78 is 2.05. The van der Waals surface area contributed by atoms with Crippen molar-refractivity contribution in [2.24, 2.45) is 0 Å². The molecule has 0 aliphatic rings. The average Bonchev–Trinajstić information content (AvgIpc) is 2.78. The van der Waals surface area contributed by atoms with E-state index < -0.39 is 0 Å². The van der Waals surface area contributed by atoms with E-state index in [0.717, 1.165) is 24.5 Å². The molecular weight excluding hydrogens is 210 g/mol. The Balaban J connectivity index is 2.13. The number of aromatic nitrogens is 4. The number of nitrogens with two attached hydrogens (primary N) is 1. The number of aryl methyl sites for hydroxylation is 1. The number of nitrogens with zero attached hydrogens (tertiary/aromatic N) is 4. The molecule has 2 N–H and O–H groups in total. The number of nitrogen functional groups attached to an aromatic ring is 1. The molecule has 0 atom stereocenters. The van der Waals surface area contributed by atoms with Crippen LogP contribution in [0.25, 0.3) is 0 Å². The highest BCUT2D eigenvalue weighted by Gasteiger charge is 2.07. The zero-order valence-corrected chi connectivity index (χ0v) is 9.37. The second-order valence-electron chi connectivity index (χ2n) is 3.29. The Morgan fingerprint density at radius 3 is 3.07 bits per heavy atom. The quantitative estimate of drug-likeness (QED) is 0.848. The molecule has 0 fully saturated rings. The van der Waals surface area contributed by atoms with Gasteiger partial charge in [0.1, 0.15) is 12.2 Å². The van der Waals surface area contributed by atoms with Crippen LogP contribution >= 0.6 is 11.3 Å². The summed E-state index contributed by atoms with van der Waals surface area (Å²) in [5.41, 5.74) is 6.53. The number of anilines is 1. The van der Waals surface area contributed by atoms with Crippen molar-refractivity contribution in [3.05, 3.63) is 23.2 Å². The van der Waals surface area contributed by atoms with Gasteiger partial charge in [-0.05, 0) is 6.42 Å². The van der Waals surface area contributed by atoms with Crippen LogP contribution in [0.2, 0.25) is 0 Å². The fraction of sp³-hybridized carbons (Fsp3) is 0.444. The van der Waals surface area contributed by atoms with Crippen molar-refractivity contribution < 1.29 is 0 Å². The average molecular weight is 223 g/mol. The summed E-state index contributed by atoms with van der Waals surface area (Å²) in [6.45, 7) is 3.08. The van der Waals surface area contributed by atoms with E-state index in [4.69, 9.17) is 5.73 Å². The fourth-order valence-electron chi connectivity index (χ4n) is 1.41. The first-order chi connectivity index (χ1) is 7.29. The molecule has 15 heavy (non-hydrogen) atoms. The predicted molar refractivity (Wildman–Crippen MR) is 59.6 cm³/mol. The van der Waals surface area contributed by atoms with E-state index in [1.165, 1.54) is 11.3 Å². The van der Waals surface area contributed by atoms with Gasteiger partial charge in [-0.3, -0.25) is 0 Å². The summed E-state index contributed by atoms with van der Waals surface area (Å²) >= 11 is 1.45. The molecule has 0 aliphatic heterocycles. The highest BCUT2D eigenvalue weighted by molar-refractivity contribution is 7.13. The number of hydrogen-bond acceptors (Lipinski definition) is 5. The minimum atomic E-state index is 0.603. The molecule has 5 nitrogen and oxygen atoms in total. The second-order valence-corrected chi connectivity index (χ2v) is 4.18. The Hall–Kier alpha value is -1.43. The van der Waals surface area contributed by atoms with Crippen molar-refractivity contribution in [3.63, 3.8) is 0 Å². The summed E-state index contributed by atoms with van der Waals surface area (Å²) in [6, 6.07) is 0. The van der Waals surface area contributed by atoms with Gasteiger partial charge in [0.25, 0.3) is 0 Å². The van der Waals surface area contributed by atoms with Crippen molar-refractivity contribution in [1.29, 1.82) is 0 Å². The van der Waals surface area contributed by atoms with E-state index in [0.29, 0.717) is 11.6 Å². The molecule has 0 radical (unpaired) electrons. The van der Waals surface area contributed by atoms with Crippen LogP contribution in [0.5, 0.6) is 0 Å². The zero-order chi connectivity index (χ0) is 10.7. The van der Waals surface area contributed by atoms with Crippen molar-refractivity contribution in [2.45, 2.75) is 26.3 Å². The molecule has 0 aromatic carbocycles. The van der Waals surface area contributed by atoms with E-state index in [9.17, 15) is 0 Å². The monoisotopic (exact) mass is 223 g/mol. The van der Waals surface area contributed by atoms with Crippen molar-refractivity contribution in [3.8, 4) is 0 Å². The Morgan fingerprint density at radius 2 is 2.40 bits per heavy atom. The van der Waals surface area contributed by atoms with Crippen LogP contribution in [0.1, 0.15) is 24.9 Å². The van der Waals surface area contributed by atoms with Gasteiger partial charge in [-0.15, -0.1) is 21.5 Å². The second kappa shape index (κ2) is 4.39. The third-order valence-electron chi connectivity index (χ3n) is 2.07. The first kappa shape index (κ1) is 10.1. The van der Waals surface area contributed by atoms with Gasteiger partial charge in [-0.25, -0.2) is 4.98 Å². The molecule has 0 saturated carbocycles. The molecule has 2 aromatic rings. The normalized spacial score (nSPS) is 10.7. The predicted octanol–water partition coefficient (Wildman–Crippen LogP) is 1.32. The molecule has 0 spiro atoms. The maximum atomic E-state index is 5.57. The Kier molecular flexibility index (Phi) is 2.96. The smallest absolute Gasteiger partial charge is 0.180 e. The minimum absolute atomic E-state index is 0.603. The fourth-order valence-corrected chi connectivity index (χ4v) is 1.97. The molecule has 6 heteroatoms. The molecule has 0 saturated heterocycles. The van der Waals surface area contributed by atoms with E-state index in [1.54, 1.807) is 6.33 Å². The van der Waals surface area contributed by atoms with Gasteiger partial charge >= 0.3 is 0 Å². The Labute approximate surface area is 92.0 Å². The lowest BCUT2D eigenvalue weighted by atomic mass is 10.3. The highest BCUT2D eigenvalue weighted by Crippen LogP contribution is 2.14. The maximum Gasteiger partial charge on any atom is 0.180 e. The molecule has 0 amide bonds. The number of rotatable bonds is 4. The van der Waals surface area contributed by atoms with Crippen LogP contribution in [0.15, 0.2) is 11.7 Å². The maximum absolute atomic E-state index is 5.57. The van der Waals surface area contributed by atoms with Crippen LogP contribution in [-0.4, -0.2) is 19.7 Å².